The van der Waals surface area contributed by atoms with Gasteiger partial charge in [-0.05, 0) is 37.1 Å². The molecule has 0 heterocycles. The van der Waals surface area contributed by atoms with Crippen LogP contribution in [0.15, 0.2) is 36.4 Å². The van der Waals surface area contributed by atoms with Crippen molar-refractivity contribution in [3.63, 3.8) is 0 Å². The first-order valence-corrected chi connectivity index (χ1v) is 5.89. The highest BCUT2D eigenvalue weighted by Gasteiger charge is 2.09. The highest BCUT2D eigenvalue weighted by atomic mass is 19.3. The third kappa shape index (κ3) is 3.22. The SMILES string of the molecule is Cc1cc(C)cc(-c2ccc(OC(F)F)c(N)c2)c1. The fourth-order valence-electron chi connectivity index (χ4n) is 2.07. The smallest absolute Gasteiger partial charge is 0.387 e. The average molecular weight is 263 g/mol. The van der Waals surface area contributed by atoms with Crippen LogP contribution < -0.4 is 10.5 Å². The predicted octanol–water partition coefficient (Wildman–Crippen LogP) is 4.15. The van der Waals surface area contributed by atoms with Crippen molar-refractivity contribution in [2.45, 2.75) is 20.5 Å². The zero-order valence-corrected chi connectivity index (χ0v) is 10.8. The number of nitrogen functional groups attached to an aromatic ring is 1. The van der Waals surface area contributed by atoms with Gasteiger partial charge in [-0.1, -0.05) is 35.4 Å². The van der Waals surface area contributed by atoms with Gasteiger partial charge in [0.25, 0.3) is 0 Å². The first-order valence-electron chi connectivity index (χ1n) is 5.89. The van der Waals surface area contributed by atoms with E-state index in [2.05, 4.69) is 10.8 Å². The van der Waals surface area contributed by atoms with Crippen molar-refractivity contribution in [1.82, 2.24) is 0 Å². The van der Waals surface area contributed by atoms with E-state index in [9.17, 15) is 8.78 Å². The molecule has 2 nitrogen and oxygen atoms in total. The molecule has 0 spiro atoms. The van der Waals surface area contributed by atoms with E-state index >= 15 is 0 Å². The molecular weight excluding hydrogens is 248 g/mol. The first kappa shape index (κ1) is 13.3. The summed E-state index contributed by atoms with van der Waals surface area (Å²) in [5.41, 5.74) is 10.1. The zero-order valence-electron chi connectivity index (χ0n) is 10.8. The summed E-state index contributed by atoms with van der Waals surface area (Å²) in [6.07, 6.45) is 0. The number of nitrogens with two attached hydrogens (primary N) is 1. The molecule has 0 saturated carbocycles. The molecule has 2 aromatic rings. The summed E-state index contributed by atoms with van der Waals surface area (Å²) in [5.74, 6) is 0.00289. The lowest BCUT2D eigenvalue weighted by molar-refractivity contribution is -0.0493. The Morgan fingerprint density at radius 1 is 0.947 bits per heavy atom. The standard InChI is InChI=1S/C15H15F2NO/c1-9-5-10(2)7-12(6-9)11-3-4-14(13(18)8-11)19-15(16)17/h3-8,15H,18H2,1-2H3. The highest BCUT2D eigenvalue weighted by Crippen LogP contribution is 2.30. The van der Waals surface area contributed by atoms with Gasteiger partial charge < -0.3 is 10.5 Å². The first-order chi connectivity index (χ1) is 8.95. The van der Waals surface area contributed by atoms with Gasteiger partial charge in [-0.15, -0.1) is 0 Å². The van der Waals surface area contributed by atoms with Gasteiger partial charge in [-0.3, -0.25) is 0 Å². The highest BCUT2D eigenvalue weighted by molar-refractivity contribution is 5.71. The molecule has 0 fully saturated rings. The molecule has 100 valence electrons. The predicted molar refractivity (Wildman–Crippen MR) is 72.4 cm³/mol. The maximum absolute atomic E-state index is 12.2. The summed E-state index contributed by atoms with van der Waals surface area (Å²) in [7, 11) is 0. The molecule has 0 radical (unpaired) electrons. The molecule has 0 atom stereocenters. The zero-order chi connectivity index (χ0) is 14.0. The van der Waals surface area contributed by atoms with Gasteiger partial charge in [-0.2, -0.15) is 8.78 Å². The van der Waals surface area contributed by atoms with Gasteiger partial charge in [0.15, 0.2) is 0 Å². The number of rotatable bonds is 3. The van der Waals surface area contributed by atoms with Crippen molar-refractivity contribution in [2.24, 2.45) is 0 Å². The van der Waals surface area contributed by atoms with E-state index in [0.717, 1.165) is 22.3 Å². The number of aryl methyl sites for hydroxylation is 2. The van der Waals surface area contributed by atoms with E-state index in [1.165, 1.54) is 6.07 Å². The van der Waals surface area contributed by atoms with Crippen LogP contribution in [0.25, 0.3) is 11.1 Å². The molecule has 4 heteroatoms. The van der Waals surface area contributed by atoms with Gasteiger partial charge in [0.2, 0.25) is 0 Å². The summed E-state index contributed by atoms with van der Waals surface area (Å²) < 4.78 is 28.6. The van der Waals surface area contributed by atoms with Gasteiger partial charge in [-0.25, -0.2) is 0 Å². The van der Waals surface area contributed by atoms with E-state index in [4.69, 9.17) is 5.73 Å². The van der Waals surface area contributed by atoms with Crippen molar-refractivity contribution >= 4 is 5.69 Å². The van der Waals surface area contributed by atoms with E-state index in [0.29, 0.717) is 0 Å². The van der Waals surface area contributed by atoms with Crippen LogP contribution in [0.2, 0.25) is 0 Å². The van der Waals surface area contributed by atoms with E-state index < -0.39 is 6.61 Å². The maximum Gasteiger partial charge on any atom is 0.387 e. The largest absolute Gasteiger partial charge is 0.433 e. The second-order valence-electron chi connectivity index (χ2n) is 4.51. The van der Waals surface area contributed by atoms with Crippen LogP contribution in [0.1, 0.15) is 11.1 Å². The molecule has 0 aromatic heterocycles. The Hall–Kier alpha value is -2.10. The number of hydrogen-bond acceptors (Lipinski definition) is 2. The molecule has 0 amide bonds. The summed E-state index contributed by atoms with van der Waals surface area (Å²) in [6.45, 7) is 1.15. The molecule has 2 rings (SSSR count). The normalized spacial score (nSPS) is 10.8. The molecule has 0 bridgehead atoms. The fraction of sp³-hybridized carbons (Fsp3) is 0.200. The number of halogens is 2. The van der Waals surface area contributed by atoms with Crippen LogP contribution >= 0.6 is 0 Å². The van der Waals surface area contributed by atoms with Crippen LogP contribution in [0.4, 0.5) is 14.5 Å². The van der Waals surface area contributed by atoms with E-state index in [1.807, 2.05) is 26.0 Å². The summed E-state index contributed by atoms with van der Waals surface area (Å²) in [5, 5.41) is 0. The van der Waals surface area contributed by atoms with Gasteiger partial charge in [0, 0.05) is 0 Å². The van der Waals surface area contributed by atoms with Crippen LogP contribution in [0.5, 0.6) is 5.75 Å². The lowest BCUT2D eigenvalue weighted by Gasteiger charge is -2.10. The molecule has 0 aliphatic carbocycles. The third-order valence-electron chi connectivity index (χ3n) is 2.78. The van der Waals surface area contributed by atoms with Crippen LogP contribution in [0.3, 0.4) is 0 Å². The molecule has 19 heavy (non-hydrogen) atoms. The number of hydrogen-bond donors (Lipinski definition) is 1. The van der Waals surface area contributed by atoms with Crippen molar-refractivity contribution in [2.75, 3.05) is 5.73 Å². The number of ether oxygens (including phenoxy) is 1. The molecule has 0 unspecified atom stereocenters. The minimum atomic E-state index is -2.87. The van der Waals surface area contributed by atoms with E-state index in [-0.39, 0.29) is 11.4 Å². The van der Waals surface area contributed by atoms with Crippen molar-refractivity contribution in [1.29, 1.82) is 0 Å². The molecule has 0 saturated heterocycles. The monoisotopic (exact) mass is 263 g/mol. The van der Waals surface area contributed by atoms with Crippen LogP contribution in [0, 0.1) is 13.8 Å². The minimum Gasteiger partial charge on any atom is -0.433 e. The summed E-state index contributed by atoms with van der Waals surface area (Å²) in [4.78, 5) is 0. The molecule has 2 aromatic carbocycles. The van der Waals surface area contributed by atoms with E-state index in [1.54, 1.807) is 12.1 Å². The Labute approximate surface area is 110 Å². The summed E-state index contributed by atoms with van der Waals surface area (Å²) in [6, 6.07) is 11.0. The number of benzene rings is 2. The van der Waals surface area contributed by atoms with Gasteiger partial charge in [0.05, 0.1) is 5.69 Å². The van der Waals surface area contributed by atoms with Crippen LogP contribution in [-0.2, 0) is 0 Å². The van der Waals surface area contributed by atoms with Crippen LogP contribution in [-0.4, -0.2) is 6.61 Å². The Balaban J connectivity index is 2.38. The second kappa shape index (κ2) is 5.26. The third-order valence-corrected chi connectivity index (χ3v) is 2.78. The lowest BCUT2D eigenvalue weighted by Crippen LogP contribution is -2.04. The molecule has 2 N–H and O–H groups in total. The molecule has 0 aliphatic heterocycles. The molecular formula is C15H15F2NO. The minimum absolute atomic E-state index is 0.00289. The number of anilines is 1. The quantitative estimate of drug-likeness (QED) is 0.844. The Kier molecular flexibility index (Phi) is 3.69. The Bertz CT molecular complexity index is 576. The van der Waals surface area contributed by atoms with Gasteiger partial charge in [0.1, 0.15) is 5.75 Å². The topological polar surface area (TPSA) is 35.2 Å². The Morgan fingerprint density at radius 2 is 1.58 bits per heavy atom. The van der Waals surface area contributed by atoms with Crippen molar-refractivity contribution in [3.8, 4) is 16.9 Å². The number of alkyl halides is 2. The molecule has 0 aliphatic rings. The second-order valence-corrected chi connectivity index (χ2v) is 4.51. The average Bonchev–Trinajstić information content (AvgIpc) is 2.30. The lowest BCUT2D eigenvalue weighted by atomic mass is 10.0. The maximum atomic E-state index is 12.2. The van der Waals surface area contributed by atoms with Crippen molar-refractivity contribution in [3.05, 3.63) is 47.5 Å². The summed E-state index contributed by atoms with van der Waals surface area (Å²) >= 11 is 0. The Morgan fingerprint density at radius 3 is 2.11 bits per heavy atom. The van der Waals surface area contributed by atoms with Crippen molar-refractivity contribution < 1.29 is 13.5 Å². The van der Waals surface area contributed by atoms with Gasteiger partial charge >= 0.3 is 6.61 Å². The fourth-order valence-corrected chi connectivity index (χ4v) is 2.07.